The number of rotatable bonds is 4. The Morgan fingerprint density at radius 2 is 2.10 bits per heavy atom. The first-order valence-corrected chi connectivity index (χ1v) is 9.20. The Hall–Kier alpha value is -0.650. The Bertz CT molecular complexity index is 465. The van der Waals surface area contributed by atoms with Gasteiger partial charge in [0.1, 0.15) is 0 Å². The molecule has 0 bridgehead atoms. The van der Waals surface area contributed by atoms with Crippen LogP contribution < -0.4 is 10.2 Å². The topological polar surface area (TPSA) is 31.4 Å². The second-order valence-corrected chi connectivity index (χ2v) is 7.33. The molecule has 1 N–H and O–H groups in total. The van der Waals surface area contributed by atoms with Crippen molar-refractivity contribution in [2.45, 2.75) is 51.6 Å². The third-order valence-corrected chi connectivity index (χ3v) is 6.36. The number of fused-ring (bicyclic) bond motifs is 1. The van der Waals surface area contributed by atoms with Gasteiger partial charge in [-0.3, -0.25) is 4.90 Å². The first kappa shape index (κ1) is 15.3. The summed E-state index contributed by atoms with van der Waals surface area (Å²) < 4.78 is 0. The summed E-state index contributed by atoms with van der Waals surface area (Å²) in [6.07, 6.45) is 4.93. The van der Waals surface area contributed by atoms with Crippen molar-refractivity contribution in [3.8, 4) is 0 Å². The molecule has 0 saturated carbocycles. The van der Waals surface area contributed by atoms with Gasteiger partial charge in [-0.1, -0.05) is 18.3 Å². The van der Waals surface area contributed by atoms with Gasteiger partial charge in [0, 0.05) is 43.1 Å². The molecule has 1 aromatic heterocycles. The zero-order valence-corrected chi connectivity index (χ0v) is 14.4. The fourth-order valence-electron chi connectivity index (χ4n) is 3.43. The van der Waals surface area contributed by atoms with Gasteiger partial charge in [0.15, 0.2) is 5.13 Å². The Balaban J connectivity index is 1.68. The molecule has 1 aromatic rings. The van der Waals surface area contributed by atoms with E-state index in [4.69, 9.17) is 4.98 Å². The smallest absolute Gasteiger partial charge is 0.185 e. The lowest BCUT2D eigenvalue weighted by Gasteiger charge is -2.37. The summed E-state index contributed by atoms with van der Waals surface area (Å²) in [7, 11) is 2.07. The number of thiazole rings is 1. The molecule has 1 aliphatic carbocycles. The molecule has 21 heavy (non-hydrogen) atoms. The van der Waals surface area contributed by atoms with Gasteiger partial charge < -0.3 is 10.2 Å². The maximum absolute atomic E-state index is 4.95. The van der Waals surface area contributed by atoms with Gasteiger partial charge >= 0.3 is 0 Å². The van der Waals surface area contributed by atoms with E-state index in [9.17, 15) is 0 Å². The molecule has 2 heterocycles. The molecule has 1 aliphatic heterocycles. The van der Waals surface area contributed by atoms with E-state index in [1.54, 1.807) is 0 Å². The van der Waals surface area contributed by atoms with Crippen molar-refractivity contribution in [1.82, 2.24) is 15.2 Å². The van der Waals surface area contributed by atoms with Crippen LogP contribution in [0.25, 0.3) is 0 Å². The van der Waals surface area contributed by atoms with E-state index >= 15 is 0 Å². The number of anilines is 1. The minimum atomic E-state index is 0.529. The van der Waals surface area contributed by atoms with E-state index in [-0.39, 0.29) is 0 Å². The molecule has 0 radical (unpaired) electrons. The highest BCUT2D eigenvalue weighted by atomic mass is 32.1. The summed E-state index contributed by atoms with van der Waals surface area (Å²) in [6.45, 7) is 9.23. The summed E-state index contributed by atoms with van der Waals surface area (Å²) in [5.41, 5.74) is 1.35. The molecule has 1 saturated heterocycles. The average Bonchev–Trinajstić information content (AvgIpc) is 2.98. The molecule has 0 aromatic carbocycles. The van der Waals surface area contributed by atoms with Crippen molar-refractivity contribution >= 4 is 16.5 Å². The number of aryl methyl sites for hydroxylation is 1. The Morgan fingerprint density at radius 3 is 2.76 bits per heavy atom. The first-order valence-electron chi connectivity index (χ1n) is 8.38. The van der Waals surface area contributed by atoms with Gasteiger partial charge in [-0.05, 0) is 39.7 Å². The molecule has 2 atom stereocenters. The summed E-state index contributed by atoms with van der Waals surface area (Å²) in [4.78, 5) is 11.5. The molecule has 1 fully saturated rings. The first-order chi connectivity index (χ1) is 10.2. The predicted octanol–water partition coefficient (Wildman–Crippen LogP) is 2.66. The van der Waals surface area contributed by atoms with E-state index < -0.39 is 0 Å². The lowest BCUT2D eigenvalue weighted by Crippen LogP contribution is -2.49. The molecule has 4 nitrogen and oxygen atoms in total. The summed E-state index contributed by atoms with van der Waals surface area (Å²) >= 11 is 1.92. The van der Waals surface area contributed by atoms with E-state index in [2.05, 4.69) is 36.0 Å². The largest absolute Gasteiger partial charge is 0.346 e. The van der Waals surface area contributed by atoms with Crippen LogP contribution in [0.1, 0.15) is 49.7 Å². The fourth-order valence-corrected chi connectivity index (χ4v) is 4.74. The number of hydrogen-bond acceptors (Lipinski definition) is 5. The zero-order chi connectivity index (χ0) is 14.8. The molecule has 0 spiro atoms. The molecule has 3 rings (SSSR count). The Kier molecular flexibility index (Phi) is 4.82. The highest BCUT2D eigenvalue weighted by molar-refractivity contribution is 7.15. The predicted molar refractivity (Wildman–Crippen MR) is 90.4 cm³/mol. The highest BCUT2D eigenvalue weighted by Crippen LogP contribution is 2.37. The Labute approximate surface area is 132 Å². The van der Waals surface area contributed by atoms with E-state index in [1.807, 2.05) is 11.3 Å². The minimum Gasteiger partial charge on any atom is -0.346 e. The lowest BCUT2D eigenvalue weighted by atomic mass is 9.98. The van der Waals surface area contributed by atoms with Gasteiger partial charge in [-0.15, -0.1) is 0 Å². The summed E-state index contributed by atoms with van der Waals surface area (Å²) in [5, 5.41) is 4.71. The van der Waals surface area contributed by atoms with Crippen LogP contribution in [0.5, 0.6) is 0 Å². The van der Waals surface area contributed by atoms with Crippen LogP contribution in [-0.4, -0.2) is 49.2 Å². The number of aromatic nitrogens is 1. The molecule has 0 amide bonds. The number of hydrogen-bond donors (Lipinski definition) is 1. The van der Waals surface area contributed by atoms with Crippen LogP contribution in [0.3, 0.4) is 0 Å². The van der Waals surface area contributed by atoms with Crippen molar-refractivity contribution in [3.63, 3.8) is 0 Å². The van der Waals surface area contributed by atoms with Crippen molar-refractivity contribution in [2.75, 3.05) is 38.1 Å². The SMILES string of the molecule is CCC(C)N1CCN(c2nc3c(s2)C(NC)CCC3)CC1. The van der Waals surface area contributed by atoms with Crippen molar-refractivity contribution in [2.24, 2.45) is 0 Å². The maximum Gasteiger partial charge on any atom is 0.185 e. The van der Waals surface area contributed by atoms with Gasteiger partial charge in [0.25, 0.3) is 0 Å². The molecule has 118 valence electrons. The van der Waals surface area contributed by atoms with Crippen molar-refractivity contribution in [3.05, 3.63) is 10.6 Å². The molecule has 2 aliphatic rings. The van der Waals surface area contributed by atoms with Crippen molar-refractivity contribution < 1.29 is 0 Å². The van der Waals surface area contributed by atoms with E-state index in [1.165, 1.54) is 48.1 Å². The molecule has 5 heteroatoms. The fraction of sp³-hybridized carbons (Fsp3) is 0.812. The quantitative estimate of drug-likeness (QED) is 0.926. The third-order valence-electron chi connectivity index (χ3n) is 5.09. The molecular formula is C16H28N4S. The lowest BCUT2D eigenvalue weighted by molar-refractivity contribution is 0.193. The van der Waals surface area contributed by atoms with Crippen LogP contribution in [0.2, 0.25) is 0 Å². The summed E-state index contributed by atoms with van der Waals surface area (Å²) in [5.74, 6) is 0. The van der Waals surface area contributed by atoms with E-state index in [0.717, 1.165) is 19.5 Å². The monoisotopic (exact) mass is 308 g/mol. The van der Waals surface area contributed by atoms with Gasteiger partial charge in [-0.2, -0.15) is 0 Å². The van der Waals surface area contributed by atoms with Gasteiger partial charge in [0.2, 0.25) is 0 Å². The number of piperazine rings is 1. The second kappa shape index (κ2) is 6.63. The second-order valence-electron chi connectivity index (χ2n) is 6.32. The van der Waals surface area contributed by atoms with Crippen LogP contribution in [0.15, 0.2) is 0 Å². The average molecular weight is 308 g/mol. The van der Waals surface area contributed by atoms with E-state index in [0.29, 0.717) is 12.1 Å². The van der Waals surface area contributed by atoms with Crippen LogP contribution >= 0.6 is 11.3 Å². The minimum absolute atomic E-state index is 0.529. The van der Waals surface area contributed by atoms with Crippen LogP contribution in [-0.2, 0) is 6.42 Å². The summed E-state index contributed by atoms with van der Waals surface area (Å²) in [6, 6.07) is 1.24. The standard InChI is InChI=1S/C16H28N4S/c1-4-12(2)19-8-10-20(11-9-19)16-18-14-7-5-6-13(17-3)15(14)21-16/h12-13,17H,4-11H2,1-3H3. The number of nitrogens with one attached hydrogen (secondary N) is 1. The van der Waals surface area contributed by atoms with Gasteiger partial charge in [-0.25, -0.2) is 4.98 Å². The maximum atomic E-state index is 4.95. The van der Waals surface area contributed by atoms with Crippen LogP contribution in [0.4, 0.5) is 5.13 Å². The van der Waals surface area contributed by atoms with Crippen molar-refractivity contribution in [1.29, 1.82) is 0 Å². The third kappa shape index (κ3) is 3.10. The molecule has 2 unspecified atom stereocenters. The number of nitrogens with zero attached hydrogens (tertiary/aromatic N) is 3. The Morgan fingerprint density at radius 1 is 1.33 bits per heavy atom. The molecular weight excluding hydrogens is 280 g/mol. The van der Waals surface area contributed by atoms with Gasteiger partial charge in [0.05, 0.1) is 5.69 Å². The normalized spacial score (nSPS) is 24.9. The highest BCUT2D eigenvalue weighted by Gasteiger charge is 2.27. The van der Waals surface area contributed by atoms with Crippen LogP contribution in [0, 0.1) is 0 Å². The zero-order valence-electron chi connectivity index (χ0n) is 13.6.